The SMILES string of the molecule is CC(C)OCCCNC(=O)c1ncco1. The Bertz CT molecular complexity index is 283. The molecule has 1 rings (SSSR count). The Balaban J connectivity index is 2.08. The number of oxazole rings is 1. The highest BCUT2D eigenvalue weighted by Crippen LogP contribution is 1.94. The van der Waals surface area contributed by atoms with Gasteiger partial charge in [-0.2, -0.15) is 0 Å². The third-order valence-corrected chi connectivity index (χ3v) is 1.68. The number of amides is 1. The first-order chi connectivity index (χ1) is 7.20. The van der Waals surface area contributed by atoms with E-state index in [-0.39, 0.29) is 17.9 Å². The van der Waals surface area contributed by atoms with Gasteiger partial charge in [-0.05, 0) is 20.3 Å². The zero-order valence-corrected chi connectivity index (χ0v) is 9.03. The van der Waals surface area contributed by atoms with Gasteiger partial charge >= 0.3 is 5.91 Å². The first-order valence-corrected chi connectivity index (χ1v) is 4.99. The van der Waals surface area contributed by atoms with Gasteiger partial charge in [0.15, 0.2) is 0 Å². The maximum atomic E-state index is 11.3. The van der Waals surface area contributed by atoms with Crippen LogP contribution in [0.5, 0.6) is 0 Å². The summed E-state index contributed by atoms with van der Waals surface area (Å²) in [6.07, 6.45) is 3.82. The highest BCUT2D eigenvalue weighted by Gasteiger charge is 2.08. The highest BCUT2D eigenvalue weighted by atomic mass is 16.5. The molecule has 0 radical (unpaired) electrons. The van der Waals surface area contributed by atoms with Crippen LogP contribution in [0.3, 0.4) is 0 Å². The van der Waals surface area contributed by atoms with Crippen molar-refractivity contribution in [2.75, 3.05) is 13.2 Å². The van der Waals surface area contributed by atoms with Crippen molar-refractivity contribution in [1.82, 2.24) is 10.3 Å². The summed E-state index contributed by atoms with van der Waals surface area (Å²) in [5.74, 6) is -0.190. The third kappa shape index (κ3) is 4.60. The molecule has 1 amide bonds. The molecule has 0 atom stereocenters. The summed E-state index contributed by atoms with van der Waals surface area (Å²) >= 11 is 0. The van der Waals surface area contributed by atoms with E-state index in [1.165, 1.54) is 12.5 Å². The van der Waals surface area contributed by atoms with Crippen molar-refractivity contribution in [3.63, 3.8) is 0 Å². The Morgan fingerprint density at radius 3 is 3.07 bits per heavy atom. The van der Waals surface area contributed by atoms with E-state index in [1.54, 1.807) is 0 Å². The molecule has 0 fully saturated rings. The molecule has 0 saturated heterocycles. The number of nitrogens with one attached hydrogen (secondary N) is 1. The zero-order chi connectivity index (χ0) is 11.1. The van der Waals surface area contributed by atoms with Crippen LogP contribution in [0, 0.1) is 0 Å². The molecule has 0 bridgehead atoms. The minimum atomic E-state index is -0.287. The maximum absolute atomic E-state index is 11.3. The monoisotopic (exact) mass is 212 g/mol. The second kappa shape index (κ2) is 6.19. The van der Waals surface area contributed by atoms with E-state index in [2.05, 4.69) is 10.3 Å². The second-order valence-corrected chi connectivity index (χ2v) is 3.37. The van der Waals surface area contributed by atoms with Crippen LogP contribution in [0.4, 0.5) is 0 Å². The summed E-state index contributed by atoms with van der Waals surface area (Å²) in [5, 5.41) is 2.68. The van der Waals surface area contributed by atoms with E-state index in [0.717, 1.165) is 6.42 Å². The predicted molar refractivity (Wildman–Crippen MR) is 54.5 cm³/mol. The Hall–Kier alpha value is -1.36. The number of carbonyl (C=O) groups excluding carboxylic acids is 1. The van der Waals surface area contributed by atoms with E-state index in [9.17, 15) is 4.79 Å². The maximum Gasteiger partial charge on any atom is 0.307 e. The van der Waals surface area contributed by atoms with Gasteiger partial charge in [-0.3, -0.25) is 4.79 Å². The molecule has 1 aromatic rings. The van der Waals surface area contributed by atoms with Gasteiger partial charge in [0.05, 0.1) is 12.3 Å². The van der Waals surface area contributed by atoms with Gasteiger partial charge < -0.3 is 14.5 Å². The first-order valence-electron chi connectivity index (χ1n) is 4.99. The lowest BCUT2D eigenvalue weighted by molar-refractivity contribution is 0.0752. The Kier molecular flexibility index (Phi) is 4.83. The number of hydrogen-bond acceptors (Lipinski definition) is 4. The topological polar surface area (TPSA) is 64.4 Å². The van der Waals surface area contributed by atoms with Crippen molar-refractivity contribution >= 4 is 5.91 Å². The van der Waals surface area contributed by atoms with Crippen LogP contribution in [0.1, 0.15) is 31.0 Å². The number of hydrogen-bond donors (Lipinski definition) is 1. The van der Waals surface area contributed by atoms with Gasteiger partial charge in [0, 0.05) is 13.2 Å². The summed E-state index contributed by atoms with van der Waals surface area (Å²) in [4.78, 5) is 15.0. The highest BCUT2D eigenvalue weighted by molar-refractivity contribution is 5.89. The standard InChI is InChI=1S/C10H16N2O3/c1-8(2)14-6-3-4-11-9(13)10-12-5-7-15-10/h5,7-8H,3-4,6H2,1-2H3,(H,11,13). The van der Waals surface area contributed by atoms with Crippen molar-refractivity contribution < 1.29 is 13.9 Å². The molecule has 0 unspecified atom stereocenters. The number of aromatic nitrogens is 1. The van der Waals surface area contributed by atoms with E-state index in [1.807, 2.05) is 13.8 Å². The van der Waals surface area contributed by atoms with Crippen LogP contribution in [0.15, 0.2) is 16.9 Å². The largest absolute Gasteiger partial charge is 0.441 e. The molecule has 0 aliphatic rings. The number of ether oxygens (including phenoxy) is 1. The van der Waals surface area contributed by atoms with Crippen LogP contribution in [0.25, 0.3) is 0 Å². The lowest BCUT2D eigenvalue weighted by atomic mass is 10.4. The van der Waals surface area contributed by atoms with Crippen LogP contribution in [-0.4, -0.2) is 30.1 Å². The van der Waals surface area contributed by atoms with Gasteiger partial charge in [-0.15, -0.1) is 0 Å². The number of carbonyl (C=O) groups is 1. The van der Waals surface area contributed by atoms with Gasteiger partial charge in [-0.1, -0.05) is 0 Å². The Labute approximate surface area is 88.8 Å². The quantitative estimate of drug-likeness (QED) is 0.720. The van der Waals surface area contributed by atoms with E-state index in [4.69, 9.17) is 9.15 Å². The molecule has 84 valence electrons. The molecule has 1 N–H and O–H groups in total. The average molecular weight is 212 g/mol. The van der Waals surface area contributed by atoms with Crippen molar-refractivity contribution in [3.05, 3.63) is 18.4 Å². The molecule has 0 spiro atoms. The number of nitrogens with zero attached hydrogens (tertiary/aromatic N) is 1. The molecule has 0 aliphatic carbocycles. The average Bonchev–Trinajstić information content (AvgIpc) is 2.69. The van der Waals surface area contributed by atoms with Crippen LogP contribution in [0.2, 0.25) is 0 Å². The lowest BCUT2D eigenvalue weighted by Gasteiger charge is -2.07. The van der Waals surface area contributed by atoms with Crippen LogP contribution >= 0.6 is 0 Å². The normalized spacial score (nSPS) is 10.6. The molecule has 1 aromatic heterocycles. The molecule has 0 aromatic carbocycles. The summed E-state index contributed by atoms with van der Waals surface area (Å²) in [6.45, 7) is 5.16. The van der Waals surface area contributed by atoms with Crippen molar-refractivity contribution in [2.24, 2.45) is 0 Å². The fourth-order valence-electron chi connectivity index (χ4n) is 1.00. The summed E-state index contributed by atoms with van der Waals surface area (Å²) in [5.41, 5.74) is 0. The summed E-state index contributed by atoms with van der Waals surface area (Å²) < 4.78 is 10.2. The second-order valence-electron chi connectivity index (χ2n) is 3.37. The molecular formula is C10H16N2O3. The molecule has 5 nitrogen and oxygen atoms in total. The minimum absolute atomic E-state index is 0.0970. The van der Waals surface area contributed by atoms with Gasteiger partial charge in [0.2, 0.25) is 0 Å². The molecule has 1 heterocycles. The fourth-order valence-corrected chi connectivity index (χ4v) is 1.00. The fraction of sp³-hybridized carbons (Fsp3) is 0.600. The number of rotatable bonds is 6. The van der Waals surface area contributed by atoms with Gasteiger partial charge in [0.25, 0.3) is 5.89 Å². The predicted octanol–water partition coefficient (Wildman–Crippen LogP) is 1.22. The summed E-state index contributed by atoms with van der Waals surface area (Å²) in [7, 11) is 0. The zero-order valence-electron chi connectivity index (χ0n) is 9.03. The molecule has 5 heteroatoms. The lowest BCUT2D eigenvalue weighted by Crippen LogP contribution is -2.25. The molecule has 0 saturated carbocycles. The van der Waals surface area contributed by atoms with E-state index < -0.39 is 0 Å². The van der Waals surface area contributed by atoms with Crippen molar-refractivity contribution in [2.45, 2.75) is 26.4 Å². The molecular weight excluding hydrogens is 196 g/mol. The van der Waals surface area contributed by atoms with Crippen LogP contribution in [-0.2, 0) is 4.74 Å². The first kappa shape index (κ1) is 11.7. The Morgan fingerprint density at radius 2 is 2.47 bits per heavy atom. The smallest absolute Gasteiger partial charge is 0.307 e. The summed E-state index contributed by atoms with van der Waals surface area (Å²) in [6, 6.07) is 0. The molecule has 15 heavy (non-hydrogen) atoms. The van der Waals surface area contributed by atoms with Gasteiger partial charge in [-0.25, -0.2) is 4.98 Å². The van der Waals surface area contributed by atoms with Crippen LogP contribution < -0.4 is 5.32 Å². The molecule has 0 aliphatic heterocycles. The van der Waals surface area contributed by atoms with E-state index in [0.29, 0.717) is 13.2 Å². The van der Waals surface area contributed by atoms with E-state index >= 15 is 0 Å². The van der Waals surface area contributed by atoms with Crippen molar-refractivity contribution in [3.8, 4) is 0 Å². The Morgan fingerprint density at radius 1 is 1.67 bits per heavy atom. The van der Waals surface area contributed by atoms with Crippen molar-refractivity contribution in [1.29, 1.82) is 0 Å². The third-order valence-electron chi connectivity index (χ3n) is 1.68. The van der Waals surface area contributed by atoms with Gasteiger partial charge in [0.1, 0.15) is 6.26 Å². The minimum Gasteiger partial charge on any atom is -0.441 e.